The summed E-state index contributed by atoms with van der Waals surface area (Å²) in [7, 11) is 4.71. The number of para-hydroxylation sites is 1. The first-order valence-electron chi connectivity index (χ1n) is 9.91. The Labute approximate surface area is 185 Å². The number of nitrogens with zero attached hydrogens (tertiary/aromatic N) is 1. The van der Waals surface area contributed by atoms with E-state index in [9.17, 15) is 9.59 Å². The SMILES string of the molecule is COc1cccc(NC(=O)Nc2ccc3c(c2)C(=O)N(C)c2cc(C)ccc2O3)c1OC. The van der Waals surface area contributed by atoms with Crippen LogP contribution in [-0.2, 0) is 0 Å². The van der Waals surface area contributed by atoms with Gasteiger partial charge < -0.3 is 29.7 Å². The van der Waals surface area contributed by atoms with Crippen molar-refractivity contribution in [2.24, 2.45) is 0 Å². The molecule has 0 unspecified atom stereocenters. The molecule has 164 valence electrons. The lowest BCUT2D eigenvalue weighted by molar-refractivity contribution is 0.0993. The van der Waals surface area contributed by atoms with Crippen molar-refractivity contribution in [2.45, 2.75) is 6.92 Å². The van der Waals surface area contributed by atoms with Gasteiger partial charge in [0, 0.05) is 12.7 Å². The molecule has 3 amide bonds. The molecule has 2 N–H and O–H groups in total. The zero-order chi connectivity index (χ0) is 22.8. The number of urea groups is 1. The Hall–Kier alpha value is -4.20. The quantitative estimate of drug-likeness (QED) is 0.602. The van der Waals surface area contributed by atoms with E-state index in [1.807, 2.05) is 25.1 Å². The summed E-state index contributed by atoms with van der Waals surface area (Å²) in [6.07, 6.45) is 0. The van der Waals surface area contributed by atoms with Crippen LogP contribution in [-0.4, -0.2) is 33.2 Å². The molecule has 1 aliphatic rings. The van der Waals surface area contributed by atoms with Crippen molar-refractivity contribution < 1.29 is 23.8 Å². The summed E-state index contributed by atoms with van der Waals surface area (Å²) in [5.41, 5.74) is 2.94. The standard InChI is InChI=1S/C24H23N3O5/c1-14-8-10-20-18(12-14)27(2)23(28)16-13-15(9-11-19(16)32-20)25-24(29)26-17-6-5-7-21(30-3)22(17)31-4/h5-13H,1-4H3,(H2,25,26,29). The Bertz CT molecular complexity index is 1210. The number of anilines is 3. The van der Waals surface area contributed by atoms with Crippen LogP contribution in [0.15, 0.2) is 54.6 Å². The third-order valence-electron chi connectivity index (χ3n) is 5.12. The van der Waals surface area contributed by atoms with Gasteiger partial charge in [-0.05, 0) is 55.0 Å². The normalized spacial score (nSPS) is 12.1. The summed E-state index contributed by atoms with van der Waals surface area (Å²) in [5, 5.41) is 5.48. The van der Waals surface area contributed by atoms with Gasteiger partial charge in [0.15, 0.2) is 17.2 Å². The van der Waals surface area contributed by atoms with Gasteiger partial charge in [-0.2, -0.15) is 0 Å². The first-order chi connectivity index (χ1) is 15.4. The molecule has 0 spiro atoms. The molecule has 0 aliphatic carbocycles. The Kier molecular flexibility index (Phi) is 5.59. The van der Waals surface area contributed by atoms with Crippen molar-refractivity contribution >= 4 is 29.0 Å². The molecule has 0 bridgehead atoms. The molecule has 3 aromatic rings. The molecule has 0 radical (unpaired) electrons. The van der Waals surface area contributed by atoms with Crippen molar-refractivity contribution in [3.05, 3.63) is 65.7 Å². The van der Waals surface area contributed by atoms with E-state index in [0.717, 1.165) is 5.56 Å². The van der Waals surface area contributed by atoms with Crippen molar-refractivity contribution in [3.63, 3.8) is 0 Å². The summed E-state index contributed by atoms with van der Waals surface area (Å²) in [6, 6.07) is 15.3. The summed E-state index contributed by atoms with van der Waals surface area (Å²) in [4.78, 5) is 27.2. The van der Waals surface area contributed by atoms with Gasteiger partial charge in [-0.25, -0.2) is 4.79 Å². The Morgan fingerprint density at radius 1 is 0.969 bits per heavy atom. The van der Waals surface area contributed by atoms with Crippen molar-refractivity contribution in [3.8, 4) is 23.0 Å². The maximum atomic E-state index is 13.1. The number of hydrogen-bond donors (Lipinski definition) is 2. The van der Waals surface area contributed by atoms with Crippen LogP contribution in [0.5, 0.6) is 23.0 Å². The molecular formula is C24H23N3O5. The second-order valence-corrected chi connectivity index (χ2v) is 7.27. The smallest absolute Gasteiger partial charge is 0.323 e. The molecule has 1 heterocycles. The van der Waals surface area contributed by atoms with Crippen LogP contribution in [0.4, 0.5) is 21.9 Å². The molecule has 0 aromatic heterocycles. The van der Waals surface area contributed by atoms with Crippen LogP contribution in [0, 0.1) is 6.92 Å². The van der Waals surface area contributed by atoms with E-state index in [-0.39, 0.29) is 5.91 Å². The number of carbonyl (C=O) groups is 2. The van der Waals surface area contributed by atoms with Gasteiger partial charge in [-0.3, -0.25) is 4.79 Å². The van der Waals surface area contributed by atoms with E-state index in [0.29, 0.717) is 45.6 Å². The van der Waals surface area contributed by atoms with Gasteiger partial charge in [0.25, 0.3) is 5.91 Å². The molecule has 0 saturated carbocycles. The molecule has 1 aliphatic heterocycles. The predicted molar refractivity (Wildman–Crippen MR) is 123 cm³/mol. The minimum absolute atomic E-state index is 0.233. The second-order valence-electron chi connectivity index (χ2n) is 7.27. The number of rotatable bonds is 4. The Morgan fingerprint density at radius 2 is 1.75 bits per heavy atom. The number of nitrogens with one attached hydrogen (secondary N) is 2. The molecule has 32 heavy (non-hydrogen) atoms. The summed E-state index contributed by atoms with van der Waals surface area (Å²) in [5.74, 6) is 1.68. The lowest BCUT2D eigenvalue weighted by Gasteiger charge is -2.17. The highest BCUT2D eigenvalue weighted by atomic mass is 16.5. The summed E-state index contributed by atoms with van der Waals surface area (Å²) < 4.78 is 16.6. The van der Waals surface area contributed by atoms with Gasteiger partial charge in [-0.15, -0.1) is 0 Å². The van der Waals surface area contributed by atoms with Crippen molar-refractivity contribution in [2.75, 3.05) is 36.8 Å². The number of hydrogen-bond acceptors (Lipinski definition) is 5. The largest absolute Gasteiger partial charge is 0.493 e. The van der Waals surface area contributed by atoms with Gasteiger partial charge >= 0.3 is 6.03 Å². The number of benzene rings is 3. The topological polar surface area (TPSA) is 89.1 Å². The van der Waals surface area contributed by atoms with Crippen molar-refractivity contribution in [1.82, 2.24) is 0 Å². The fraction of sp³-hybridized carbons (Fsp3) is 0.167. The molecule has 0 saturated heterocycles. The van der Waals surface area contributed by atoms with Crippen LogP contribution in [0.2, 0.25) is 0 Å². The zero-order valence-electron chi connectivity index (χ0n) is 18.2. The van der Waals surface area contributed by atoms with E-state index in [2.05, 4.69) is 10.6 Å². The van der Waals surface area contributed by atoms with Crippen LogP contribution in [0.25, 0.3) is 0 Å². The highest BCUT2D eigenvalue weighted by Crippen LogP contribution is 2.40. The molecule has 0 atom stereocenters. The molecule has 3 aromatic carbocycles. The fourth-order valence-electron chi connectivity index (χ4n) is 3.52. The highest BCUT2D eigenvalue weighted by molar-refractivity contribution is 6.10. The average Bonchev–Trinajstić information content (AvgIpc) is 2.88. The number of carbonyl (C=O) groups excluding carboxylic acids is 2. The number of methoxy groups -OCH3 is 2. The molecular weight excluding hydrogens is 410 g/mol. The van der Waals surface area contributed by atoms with E-state index >= 15 is 0 Å². The monoisotopic (exact) mass is 433 g/mol. The number of fused-ring (bicyclic) bond motifs is 2. The Morgan fingerprint density at radius 3 is 2.50 bits per heavy atom. The number of ether oxygens (including phenoxy) is 3. The van der Waals surface area contributed by atoms with Gasteiger partial charge in [0.05, 0.1) is 31.2 Å². The maximum absolute atomic E-state index is 13.1. The van der Waals surface area contributed by atoms with Crippen molar-refractivity contribution in [1.29, 1.82) is 0 Å². The highest BCUT2D eigenvalue weighted by Gasteiger charge is 2.26. The summed E-state index contributed by atoms with van der Waals surface area (Å²) in [6.45, 7) is 1.95. The molecule has 8 heteroatoms. The van der Waals surface area contributed by atoms with E-state index in [1.165, 1.54) is 14.2 Å². The Balaban J connectivity index is 1.57. The third kappa shape index (κ3) is 3.90. The third-order valence-corrected chi connectivity index (χ3v) is 5.12. The van der Waals surface area contributed by atoms with Crippen LogP contribution >= 0.6 is 0 Å². The fourth-order valence-corrected chi connectivity index (χ4v) is 3.52. The minimum Gasteiger partial charge on any atom is -0.493 e. The van der Waals surface area contributed by atoms with Crippen LogP contribution in [0.3, 0.4) is 0 Å². The van der Waals surface area contributed by atoms with E-state index in [1.54, 1.807) is 48.3 Å². The lowest BCUT2D eigenvalue weighted by Crippen LogP contribution is -2.25. The summed E-state index contributed by atoms with van der Waals surface area (Å²) >= 11 is 0. The van der Waals surface area contributed by atoms with E-state index in [4.69, 9.17) is 14.2 Å². The van der Waals surface area contributed by atoms with Gasteiger partial charge in [0.1, 0.15) is 5.75 Å². The number of amides is 3. The lowest BCUT2D eigenvalue weighted by atomic mass is 10.1. The second kappa shape index (κ2) is 8.50. The maximum Gasteiger partial charge on any atom is 0.323 e. The van der Waals surface area contributed by atoms with Crippen LogP contribution < -0.4 is 29.7 Å². The zero-order valence-corrected chi connectivity index (χ0v) is 18.2. The minimum atomic E-state index is -0.495. The average molecular weight is 433 g/mol. The molecule has 4 rings (SSSR count). The van der Waals surface area contributed by atoms with Gasteiger partial charge in [0.2, 0.25) is 0 Å². The molecule has 0 fully saturated rings. The molecule has 8 nitrogen and oxygen atoms in total. The first-order valence-corrected chi connectivity index (χ1v) is 9.91. The number of aryl methyl sites for hydroxylation is 1. The van der Waals surface area contributed by atoms with Crippen LogP contribution in [0.1, 0.15) is 15.9 Å². The predicted octanol–water partition coefficient (Wildman–Crippen LogP) is 5.04. The first kappa shape index (κ1) is 21.0. The van der Waals surface area contributed by atoms with E-state index < -0.39 is 6.03 Å². The van der Waals surface area contributed by atoms with Gasteiger partial charge in [-0.1, -0.05) is 12.1 Å².